The molecule has 0 aromatic heterocycles. The zero-order valence-corrected chi connectivity index (χ0v) is 8.16. The van der Waals surface area contributed by atoms with Crippen molar-refractivity contribution >= 4 is 5.97 Å². The van der Waals surface area contributed by atoms with Crippen molar-refractivity contribution < 1.29 is 9.53 Å². The molecule has 1 saturated heterocycles. The quantitative estimate of drug-likeness (QED) is 0.491. The highest BCUT2D eigenvalue weighted by Gasteiger charge is 2.05. The second-order valence-electron chi connectivity index (χ2n) is 3.16. The number of hydrogen-bond acceptors (Lipinski definition) is 3. The predicted octanol–water partition coefficient (Wildman–Crippen LogP) is 1.55. The van der Waals surface area contributed by atoms with Gasteiger partial charge in [0.25, 0.3) is 0 Å². The van der Waals surface area contributed by atoms with Gasteiger partial charge in [0.15, 0.2) is 0 Å². The van der Waals surface area contributed by atoms with Gasteiger partial charge in [-0.05, 0) is 26.2 Å². The molecule has 3 heteroatoms. The van der Waals surface area contributed by atoms with Crippen LogP contribution in [0.2, 0.25) is 0 Å². The monoisotopic (exact) mass is 183 g/mol. The van der Waals surface area contributed by atoms with Crippen LogP contribution in [0.15, 0.2) is 12.3 Å². The maximum Gasteiger partial charge on any atom is 0.332 e. The van der Waals surface area contributed by atoms with Crippen LogP contribution in [0.1, 0.15) is 26.2 Å². The van der Waals surface area contributed by atoms with E-state index >= 15 is 0 Å². The van der Waals surface area contributed by atoms with E-state index in [1.165, 1.54) is 25.3 Å². The molecule has 1 aliphatic heterocycles. The second kappa shape index (κ2) is 5.62. The van der Waals surface area contributed by atoms with Crippen LogP contribution in [0.3, 0.4) is 0 Å². The molecule has 1 rings (SSSR count). The smallest absolute Gasteiger partial charge is 0.332 e. The molecule has 0 aliphatic carbocycles. The SMILES string of the molecule is CCOC(=O)/C=C/N1CCCCC1. The van der Waals surface area contributed by atoms with E-state index in [0.717, 1.165) is 13.1 Å². The van der Waals surface area contributed by atoms with E-state index in [-0.39, 0.29) is 5.97 Å². The van der Waals surface area contributed by atoms with E-state index in [2.05, 4.69) is 4.90 Å². The lowest BCUT2D eigenvalue weighted by Gasteiger charge is -2.24. The summed E-state index contributed by atoms with van der Waals surface area (Å²) in [6.07, 6.45) is 7.12. The molecule has 0 atom stereocenters. The summed E-state index contributed by atoms with van der Waals surface area (Å²) in [5.74, 6) is -0.243. The molecule has 13 heavy (non-hydrogen) atoms. The molecule has 0 radical (unpaired) electrons. The Kier molecular flexibility index (Phi) is 4.36. The Morgan fingerprint density at radius 1 is 1.38 bits per heavy atom. The summed E-state index contributed by atoms with van der Waals surface area (Å²) in [5.41, 5.74) is 0. The van der Waals surface area contributed by atoms with Gasteiger partial charge in [-0.2, -0.15) is 0 Å². The summed E-state index contributed by atoms with van der Waals surface area (Å²) in [5, 5.41) is 0. The standard InChI is InChI=1S/C10H17NO2/c1-2-13-10(12)6-9-11-7-4-3-5-8-11/h6,9H,2-5,7-8H2,1H3/b9-6+. The number of piperidine rings is 1. The van der Waals surface area contributed by atoms with Crippen molar-refractivity contribution in [3.63, 3.8) is 0 Å². The van der Waals surface area contributed by atoms with Crippen molar-refractivity contribution in [1.82, 2.24) is 4.90 Å². The zero-order chi connectivity index (χ0) is 9.52. The molecule has 0 saturated carbocycles. The molecule has 1 aliphatic rings. The number of carbonyl (C=O) groups excluding carboxylic acids is 1. The molecule has 0 unspecified atom stereocenters. The highest BCUT2D eigenvalue weighted by atomic mass is 16.5. The lowest BCUT2D eigenvalue weighted by molar-refractivity contribution is -0.137. The van der Waals surface area contributed by atoms with Crippen molar-refractivity contribution in [2.75, 3.05) is 19.7 Å². The zero-order valence-electron chi connectivity index (χ0n) is 8.16. The van der Waals surface area contributed by atoms with Crippen LogP contribution in [-0.2, 0) is 9.53 Å². The van der Waals surface area contributed by atoms with E-state index in [4.69, 9.17) is 4.74 Å². The van der Waals surface area contributed by atoms with E-state index < -0.39 is 0 Å². The van der Waals surface area contributed by atoms with Crippen molar-refractivity contribution in [1.29, 1.82) is 0 Å². The third-order valence-electron chi connectivity index (χ3n) is 2.10. The average molecular weight is 183 g/mol. The fraction of sp³-hybridized carbons (Fsp3) is 0.700. The molecule has 0 aromatic carbocycles. The highest BCUT2D eigenvalue weighted by Crippen LogP contribution is 2.08. The first-order valence-corrected chi connectivity index (χ1v) is 4.92. The van der Waals surface area contributed by atoms with Crippen LogP contribution >= 0.6 is 0 Å². The molecular formula is C10H17NO2. The Morgan fingerprint density at radius 3 is 2.69 bits per heavy atom. The molecule has 0 N–H and O–H groups in total. The van der Waals surface area contributed by atoms with Gasteiger partial charge in [0.05, 0.1) is 6.61 Å². The van der Waals surface area contributed by atoms with Crippen LogP contribution in [0.4, 0.5) is 0 Å². The van der Waals surface area contributed by atoms with E-state index in [0.29, 0.717) is 6.61 Å². The van der Waals surface area contributed by atoms with Gasteiger partial charge < -0.3 is 9.64 Å². The summed E-state index contributed by atoms with van der Waals surface area (Å²) in [4.78, 5) is 13.1. The summed E-state index contributed by atoms with van der Waals surface area (Å²) in [6.45, 7) is 4.39. The van der Waals surface area contributed by atoms with Crippen molar-refractivity contribution in [3.05, 3.63) is 12.3 Å². The molecule has 0 aromatic rings. The first kappa shape index (κ1) is 10.1. The van der Waals surface area contributed by atoms with Gasteiger partial charge in [0, 0.05) is 25.4 Å². The minimum Gasteiger partial charge on any atom is -0.463 e. The Labute approximate surface area is 79.4 Å². The van der Waals surface area contributed by atoms with E-state index in [1.807, 2.05) is 13.1 Å². The molecule has 1 fully saturated rings. The normalized spacial score (nSPS) is 17.8. The largest absolute Gasteiger partial charge is 0.463 e. The van der Waals surface area contributed by atoms with Crippen LogP contribution in [0, 0.1) is 0 Å². The molecule has 74 valence electrons. The highest BCUT2D eigenvalue weighted by molar-refractivity contribution is 5.81. The van der Waals surface area contributed by atoms with Gasteiger partial charge in [0.2, 0.25) is 0 Å². The molecule has 1 heterocycles. The number of hydrogen-bond donors (Lipinski definition) is 0. The van der Waals surface area contributed by atoms with Gasteiger partial charge in [-0.15, -0.1) is 0 Å². The van der Waals surface area contributed by atoms with Gasteiger partial charge in [0.1, 0.15) is 0 Å². The van der Waals surface area contributed by atoms with Gasteiger partial charge in [-0.25, -0.2) is 4.79 Å². The maximum atomic E-state index is 11.0. The number of likely N-dealkylation sites (tertiary alicyclic amines) is 1. The summed E-state index contributed by atoms with van der Waals surface area (Å²) >= 11 is 0. The number of carbonyl (C=O) groups is 1. The third kappa shape index (κ3) is 3.97. The topological polar surface area (TPSA) is 29.5 Å². The summed E-state index contributed by atoms with van der Waals surface area (Å²) < 4.78 is 4.78. The molecular weight excluding hydrogens is 166 g/mol. The Bertz CT molecular complexity index is 183. The molecule has 0 spiro atoms. The molecule has 0 amide bonds. The van der Waals surface area contributed by atoms with Crippen LogP contribution in [0.25, 0.3) is 0 Å². The van der Waals surface area contributed by atoms with Gasteiger partial charge >= 0.3 is 5.97 Å². The first-order valence-electron chi connectivity index (χ1n) is 4.92. The van der Waals surface area contributed by atoms with E-state index in [1.54, 1.807) is 0 Å². The van der Waals surface area contributed by atoms with Crippen molar-refractivity contribution in [2.45, 2.75) is 26.2 Å². The van der Waals surface area contributed by atoms with Gasteiger partial charge in [-0.3, -0.25) is 0 Å². The van der Waals surface area contributed by atoms with Crippen molar-refractivity contribution in [3.8, 4) is 0 Å². The number of ether oxygens (including phenoxy) is 1. The van der Waals surface area contributed by atoms with Crippen LogP contribution in [0.5, 0.6) is 0 Å². The lowest BCUT2D eigenvalue weighted by atomic mass is 10.1. The number of esters is 1. The predicted molar refractivity (Wildman–Crippen MR) is 51.2 cm³/mol. The second-order valence-corrected chi connectivity index (χ2v) is 3.16. The Balaban J connectivity index is 2.24. The Morgan fingerprint density at radius 2 is 2.08 bits per heavy atom. The molecule has 0 bridgehead atoms. The van der Waals surface area contributed by atoms with E-state index in [9.17, 15) is 4.79 Å². The average Bonchev–Trinajstić information content (AvgIpc) is 2.17. The summed E-state index contributed by atoms with van der Waals surface area (Å²) in [6, 6.07) is 0. The Hall–Kier alpha value is -0.990. The van der Waals surface area contributed by atoms with Crippen LogP contribution in [-0.4, -0.2) is 30.6 Å². The number of nitrogens with zero attached hydrogens (tertiary/aromatic N) is 1. The van der Waals surface area contributed by atoms with Crippen LogP contribution < -0.4 is 0 Å². The lowest BCUT2D eigenvalue weighted by Crippen LogP contribution is -2.24. The fourth-order valence-electron chi connectivity index (χ4n) is 1.42. The minimum atomic E-state index is -0.243. The number of rotatable bonds is 3. The molecule has 3 nitrogen and oxygen atoms in total. The third-order valence-corrected chi connectivity index (χ3v) is 2.10. The fourth-order valence-corrected chi connectivity index (χ4v) is 1.42. The first-order chi connectivity index (χ1) is 6.33. The minimum absolute atomic E-state index is 0.243. The maximum absolute atomic E-state index is 11.0. The van der Waals surface area contributed by atoms with Gasteiger partial charge in [-0.1, -0.05) is 0 Å². The van der Waals surface area contributed by atoms with Crippen molar-refractivity contribution in [2.24, 2.45) is 0 Å². The summed E-state index contributed by atoms with van der Waals surface area (Å²) in [7, 11) is 0.